The summed E-state index contributed by atoms with van der Waals surface area (Å²) in [4.78, 5) is 25.8. The second-order valence-electron chi connectivity index (χ2n) is 6.28. The summed E-state index contributed by atoms with van der Waals surface area (Å²) in [5, 5.41) is 0. The predicted octanol–water partition coefficient (Wildman–Crippen LogP) is 4.18. The van der Waals surface area contributed by atoms with E-state index in [-0.39, 0.29) is 11.1 Å². The van der Waals surface area contributed by atoms with E-state index in [1.807, 2.05) is 12.1 Å². The number of ketones is 2. The Morgan fingerprint density at radius 2 is 1.27 bits per heavy atom. The molecule has 3 aromatic rings. The third-order valence-electron chi connectivity index (χ3n) is 4.42. The van der Waals surface area contributed by atoms with Crippen LogP contribution in [0.25, 0.3) is 0 Å². The molecule has 0 amide bonds. The van der Waals surface area contributed by atoms with Crippen LogP contribution >= 0.6 is 0 Å². The van der Waals surface area contributed by atoms with Gasteiger partial charge in [0, 0.05) is 28.3 Å². The summed E-state index contributed by atoms with van der Waals surface area (Å²) < 4.78 is 15.5. The average molecular weight is 400 g/mol. The fourth-order valence-corrected chi connectivity index (χ4v) is 2.80. The summed E-state index contributed by atoms with van der Waals surface area (Å²) >= 11 is 0. The Labute approximate surface area is 175 Å². The Kier molecular flexibility index (Phi) is 6.51. The van der Waals surface area contributed by atoms with Crippen LogP contribution in [-0.4, -0.2) is 32.9 Å². The summed E-state index contributed by atoms with van der Waals surface area (Å²) in [5.41, 5.74) is 1.67. The van der Waals surface area contributed by atoms with Crippen molar-refractivity contribution in [1.29, 1.82) is 0 Å². The van der Waals surface area contributed by atoms with Gasteiger partial charge in [0.25, 0.3) is 0 Å². The number of hydrogen-bond acceptors (Lipinski definition) is 5. The van der Waals surface area contributed by atoms with Crippen LogP contribution in [-0.2, 0) is 0 Å². The number of benzene rings is 3. The van der Waals surface area contributed by atoms with Crippen LogP contribution in [0.1, 0.15) is 31.8 Å². The largest absolute Gasteiger partial charge is 0.497 e. The van der Waals surface area contributed by atoms with Gasteiger partial charge >= 0.3 is 0 Å². The molecule has 0 saturated heterocycles. The highest BCUT2D eigenvalue weighted by atomic mass is 16.5. The zero-order valence-corrected chi connectivity index (χ0v) is 16.9. The first-order valence-electron chi connectivity index (χ1n) is 9.13. The monoisotopic (exact) mass is 400 g/mol. The maximum absolute atomic E-state index is 12.9. The third kappa shape index (κ3) is 4.68. The number of methoxy groups -OCH3 is 3. The van der Waals surface area contributed by atoms with Crippen molar-refractivity contribution in [3.05, 3.63) is 89.0 Å². The highest BCUT2D eigenvalue weighted by Gasteiger charge is 2.22. The van der Waals surface area contributed by atoms with Gasteiger partial charge in [-0.15, -0.1) is 0 Å². The predicted molar refractivity (Wildman–Crippen MR) is 114 cm³/mol. The van der Waals surface area contributed by atoms with Crippen LogP contribution in [0.2, 0.25) is 0 Å². The molecular weight excluding hydrogens is 380 g/mol. The summed E-state index contributed by atoms with van der Waals surface area (Å²) in [6.07, 6.45) is 0. The van der Waals surface area contributed by atoms with Gasteiger partial charge in [-0.05, 0) is 48.5 Å². The Bertz CT molecular complexity index is 1110. The number of ether oxygens (including phenoxy) is 3. The second-order valence-corrected chi connectivity index (χ2v) is 6.28. The van der Waals surface area contributed by atoms with E-state index in [1.54, 1.807) is 49.6 Å². The minimum atomic E-state index is -0.661. The fourth-order valence-electron chi connectivity index (χ4n) is 2.80. The van der Waals surface area contributed by atoms with Crippen LogP contribution in [0.15, 0.2) is 66.7 Å². The maximum Gasteiger partial charge on any atom is 0.234 e. The molecule has 3 rings (SSSR count). The first-order valence-corrected chi connectivity index (χ1v) is 9.13. The minimum Gasteiger partial charge on any atom is -0.497 e. The van der Waals surface area contributed by atoms with Crippen molar-refractivity contribution in [3.8, 4) is 29.1 Å². The second kappa shape index (κ2) is 9.44. The van der Waals surface area contributed by atoms with E-state index in [0.717, 1.165) is 11.3 Å². The zero-order chi connectivity index (χ0) is 21.5. The molecule has 0 N–H and O–H groups in total. The topological polar surface area (TPSA) is 61.8 Å². The molecule has 3 aromatic carbocycles. The van der Waals surface area contributed by atoms with Crippen LogP contribution in [0.3, 0.4) is 0 Å². The molecule has 0 spiro atoms. The van der Waals surface area contributed by atoms with Gasteiger partial charge in [-0.3, -0.25) is 9.59 Å². The zero-order valence-electron chi connectivity index (χ0n) is 16.9. The first kappa shape index (κ1) is 20.7. The molecule has 0 fully saturated rings. The molecular formula is C25H20O5. The smallest absolute Gasteiger partial charge is 0.234 e. The standard InChI is InChI=1S/C25H20O5/c1-28-20-12-9-17(10-13-20)8-11-18-6-4-5-7-23(18)25(27)24(26)19-14-21(29-2)16-22(15-19)30-3/h4-7,9-10,12-16H,1-3H3. The van der Waals surface area contributed by atoms with Gasteiger partial charge in [0.05, 0.1) is 21.3 Å². The van der Waals surface area contributed by atoms with Crippen molar-refractivity contribution in [2.24, 2.45) is 0 Å². The van der Waals surface area contributed by atoms with Gasteiger partial charge in [0.15, 0.2) is 0 Å². The third-order valence-corrected chi connectivity index (χ3v) is 4.42. The van der Waals surface area contributed by atoms with E-state index in [4.69, 9.17) is 14.2 Å². The Morgan fingerprint density at radius 1 is 0.667 bits per heavy atom. The molecule has 0 unspecified atom stereocenters. The number of carbonyl (C=O) groups is 2. The van der Waals surface area contributed by atoms with E-state index in [9.17, 15) is 9.59 Å². The van der Waals surface area contributed by atoms with Crippen molar-refractivity contribution in [1.82, 2.24) is 0 Å². The van der Waals surface area contributed by atoms with E-state index in [2.05, 4.69) is 11.8 Å². The molecule has 0 saturated carbocycles. The lowest BCUT2D eigenvalue weighted by Crippen LogP contribution is -2.16. The molecule has 5 nitrogen and oxygen atoms in total. The SMILES string of the molecule is COc1ccc(C#Cc2ccccc2C(=O)C(=O)c2cc(OC)cc(OC)c2)cc1. The molecule has 0 bridgehead atoms. The number of rotatable bonds is 6. The van der Waals surface area contributed by atoms with E-state index < -0.39 is 11.6 Å². The molecule has 0 aliphatic rings. The Morgan fingerprint density at radius 3 is 1.87 bits per heavy atom. The van der Waals surface area contributed by atoms with Crippen LogP contribution in [0.5, 0.6) is 17.2 Å². The fraction of sp³-hybridized carbons (Fsp3) is 0.120. The average Bonchev–Trinajstić information content (AvgIpc) is 2.81. The van der Waals surface area contributed by atoms with Gasteiger partial charge in [-0.1, -0.05) is 24.0 Å². The maximum atomic E-state index is 12.9. The van der Waals surface area contributed by atoms with Gasteiger partial charge in [0.2, 0.25) is 11.6 Å². The summed E-state index contributed by atoms with van der Waals surface area (Å²) in [5.74, 6) is 6.28. The molecule has 150 valence electrons. The summed E-state index contributed by atoms with van der Waals surface area (Å²) in [7, 11) is 4.56. The van der Waals surface area contributed by atoms with E-state index in [0.29, 0.717) is 17.1 Å². The van der Waals surface area contributed by atoms with Gasteiger partial charge in [-0.2, -0.15) is 0 Å². The van der Waals surface area contributed by atoms with Crippen molar-refractivity contribution in [3.63, 3.8) is 0 Å². The van der Waals surface area contributed by atoms with Gasteiger partial charge < -0.3 is 14.2 Å². The molecule has 30 heavy (non-hydrogen) atoms. The van der Waals surface area contributed by atoms with Crippen molar-refractivity contribution in [2.75, 3.05) is 21.3 Å². The van der Waals surface area contributed by atoms with Gasteiger partial charge in [-0.25, -0.2) is 0 Å². The van der Waals surface area contributed by atoms with Crippen LogP contribution < -0.4 is 14.2 Å². The highest BCUT2D eigenvalue weighted by molar-refractivity contribution is 6.49. The highest BCUT2D eigenvalue weighted by Crippen LogP contribution is 2.24. The normalized spacial score (nSPS) is 9.83. The van der Waals surface area contributed by atoms with E-state index >= 15 is 0 Å². The number of Topliss-reactive ketones (excluding diaryl/α,β-unsaturated/α-hetero) is 2. The molecule has 5 heteroatoms. The lowest BCUT2D eigenvalue weighted by molar-refractivity contribution is 0.0816. The minimum absolute atomic E-state index is 0.189. The molecule has 0 aliphatic carbocycles. The Balaban J connectivity index is 1.92. The molecule has 0 aliphatic heterocycles. The molecule has 0 heterocycles. The van der Waals surface area contributed by atoms with Crippen LogP contribution in [0.4, 0.5) is 0 Å². The van der Waals surface area contributed by atoms with Crippen molar-refractivity contribution < 1.29 is 23.8 Å². The molecule has 0 aromatic heterocycles. The van der Waals surface area contributed by atoms with Crippen molar-refractivity contribution in [2.45, 2.75) is 0 Å². The van der Waals surface area contributed by atoms with Crippen LogP contribution in [0, 0.1) is 11.8 Å². The Hall–Kier alpha value is -4.04. The molecule has 0 atom stereocenters. The molecule has 0 radical (unpaired) electrons. The lowest BCUT2D eigenvalue weighted by Gasteiger charge is -2.08. The summed E-state index contributed by atoms with van der Waals surface area (Å²) in [6.45, 7) is 0. The number of carbonyl (C=O) groups excluding carboxylic acids is 2. The van der Waals surface area contributed by atoms with E-state index in [1.165, 1.54) is 26.4 Å². The van der Waals surface area contributed by atoms with Gasteiger partial charge in [0.1, 0.15) is 17.2 Å². The number of hydrogen-bond donors (Lipinski definition) is 0. The quantitative estimate of drug-likeness (QED) is 0.353. The first-order chi connectivity index (χ1) is 14.5. The van der Waals surface area contributed by atoms with Crippen molar-refractivity contribution >= 4 is 11.6 Å². The lowest BCUT2D eigenvalue weighted by atomic mass is 9.97. The summed E-state index contributed by atoms with van der Waals surface area (Å²) in [6, 6.07) is 18.7.